The van der Waals surface area contributed by atoms with Gasteiger partial charge in [0, 0.05) is 17.7 Å². The first-order chi connectivity index (χ1) is 10.1. The van der Waals surface area contributed by atoms with Gasteiger partial charge in [-0.15, -0.1) is 0 Å². The van der Waals surface area contributed by atoms with Gasteiger partial charge in [0.1, 0.15) is 12.4 Å². The Labute approximate surface area is 125 Å². The second kappa shape index (κ2) is 6.93. The van der Waals surface area contributed by atoms with Crippen molar-refractivity contribution in [3.8, 4) is 11.8 Å². The third kappa shape index (κ3) is 4.09. The summed E-state index contributed by atoms with van der Waals surface area (Å²) in [5.74, 6) is 4.24. The maximum absolute atomic E-state index is 13.7. The Bertz CT molecular complexity index is 715. The Balaban J connectivity index is 2.07. The molecule has 4 nitrogen and oxygen atoms in total. The number of aliphatic hydroxyl groups is 1. The number of aliphatic hydroxyl groups excluding tert-OH is 1. The number of carbonyl (C=O) groups is 1. The molecule has 0 spiro atoms. The third-order valence-electron chi connectivity index (χ3n) is 2.59. The second-order valence-corrected chi connectivity index (χ2v) is 4.43. The molecule has 108 valence electrons. The van der Waals surface area contributed by atoms with Crippen LogP contribution in [0.15, 0.2) is 34.7 Å². The molecule has 0 bridgehead atoms. The molecule has 1 heterocycles. The van der Waals surface area contributed by atoms with Gasteiger partial charge in [-0.1, -0.05) is 11.8 Å². The van der Waals surface area contributed by atoms with E-state index in [9.17, 15) is 9.18 Å². The van der Waals surface area contributed by atoms with Crippen molar-refractivity contribution in [2.75, 3.05) is 6.61 Å². The summed E-state index contributed by atoms with van der Waals surface area (Å²) >= 11 is 5.57. The lowest BCUT2D eigenvalue weighted by Gasteiger charge is -2.05. The monoisotopic (exact) mass is 307 g/mol. The van der Waals surface area contributed by atoms with Crippen molar-refractivity contribution < 1.29 is 18.7 Å². The lowest BCUT2D eigenvalue weighted by molar-refractivity contribution is 0.0923. The number of nitrogens with one attached hydrogen (secondary N) is 1. The summed E-state index contributed by atoms with van der Waals surface area (Å²) in [4.78, 5) is 11.8. The second-order valence-electron chi connectivity index (χ2n) is 4.05. The molecular formula is C15H11ClFNO3. The normalized spacial score (nSPS) is 9.86. The quantitative estimate of drug-likeness (QED) is 0.856. The van der Waals surface area contributed by atoms with Crippen molar-refractivity contribution in [2.45, 2.75) is 6.54 Å². The van der Waals surface area contributed by atoms with Gasteiger partial charge in [0.15, 0.2) is 11.0 Å². The zero-order chi connectivity index (χ0) is 15.2. The van der Waals surface area contributed by atoms with Crippen molar-refractivity contribution in [2.24, 2.45) is 0 Å². The van der Waals surface area contributed by atoms with Crippen LogP contribution in [0.2, 0.25) is 5.22 Å². The van der Waals surface area contributed by atoms with E-state index in [4.69, 9.17) is 21.1 Å². The van der Waals surface area contributed by atoms with Crippen LogP contribution in [0, 0.1) is 17.7 Å². The molecule has 6 heteroatoms. The summed E-state index contributed by atoms with van der Waals surface area (Å²) in [7, 11) is 0. The SMILES string of the molecule is O=C(NCc1cc(C#CCO)ccc1F)c1ccc(Cl)o1. The highest BCUT2D eigenvalue weighted by atomic mass is 35.5. The number of benzene rings is 1. The molecular weight excluding hydrogens is 297 g/mol. The van der Waals surface area contributed by atoms with Crippen molar-refractivity contribution in [3.05, 3.63) is 58.3 Å². The Kier molecular flexibility index (Phi) is 4.99. The fourth-order valence-electron chi connectivity index (χ4n) is 1.63. The van der Waals surface area contributed by atoms with E-state index in [-0.39, 0.29) is 29.7 Å². The fourth-order valence-corrected chi connectivity index (χ4v) is 1.77. The number of rotatable bonds is 3. The van der Waals surface area contributed by atoms with Crippen LogP contribution in [0.1, 0.15) is 21.7 Å². The first kappa shape index (κ1) is 15.1. The van der Waals surface area contributed by atoms with Gasteiger partial charge < -0.3 is 14.8 Å². The highest BCUT2D eigenvalue weighted by Gasteiger charge is 2.11. The van der Waals surface area contributed by atoms with E-state index in [1.807, 2.05) is 0 Å². The largest absolute Gasteiger partial charge is 0.440 e. The molecule has 1 aromatic heterocycles. The molecule has 0 saturated carbocycles. The smallest absolute Gasteiger partial charge is 0.287 e. The predicted octanol–water partition coefficient (Wildman–Crippen LogP) is 2.35. The molecule has 1 aromatic carbocycles. The molecule has 0 unspecified atom stereocenters. The number of furan rings is 1. The van der Waals surface area contributed by atoms with Crippen LogP contribution in [-0.2, 0) is 6.54 Å². The minimum absolute atomic E-state index is 0.0162. The molecule has 0 fully saturated rings. The van der Waals surface area contributed by atoms with Crippen molar-refractivity contribution in [3.63, 3.8) is 0 Å². The van der Waals surface area contributed by atoms with Gasteiger partial charge in [-0.3, -0.25) is 4.79 Å². The molecule has 0 aliphatic carbocycles. The number of amides is 1. The summed E-state index contributed by atoms with van der Waals surface area (Å²) in [6.07, 6.45) is 0. The van der Waals surface area contributed by atoms with Crippen LogP contribution in [0.3, 0.4) is 0 Å². The van der Waals surface area contributed by atoms with Crippen molar-refractivity contribution in [1.82, 2.24) is 5.32 Å². The van der Waals surface area contributed by atoms with Gasteiger partial charge in [0.2, 0.25) is 0 Å². The number of carbonyl (C=O) groups excluding carboxylic acids is 1. The van der Waals surface area contributed by atoms with Gasteiger partial charge in [-0.2, -0.15) is 0 Å². The molecule has 1 amide bonds. The topological polar surface area (TPSA) is 62.5 Å². The highest BCUT2D eigenvalue weighted by Crippen LogP contribution is 2.14. The minimum atomic E-state index is -0.492. The minimum Gasteiger partial charge on any atom is -0.440 e. The Morgan fingerprint density at radius 3 is 2.86 bits per heavy atom. The van der Waals surface area contributed by atoms with Crippen molar-refractivity contribution in [1.29, 1.82) is 0 Å². The number of hydrogen-bond acceptors (Lipinski definition) is 3. The van der Waals surface area contributed by atoms with Gasteiger partial charge in [0.05, 0.1) is 0 Å². The number of halogens is 2. The van der Waals surface area contributed by atoms with Gasteiger partial charge in [-0.05, 0) is 41.9 Å². The molecule has 21 heavy (non-hydrogen) atoms. The average Bonchev–Trinajstić information content (AvgIpc) is 2.91. The molecule has 0 saturated heterocycles. The predicted molar refractivity (Wildman–Crippen MR) is 75.3 cm³/mol. The van der Waals surface area contributed by atoms with E-state index in [1.54, 1.807) is 0 Å². The number of hydrogen-bond donors (Lipinski definition) is 2. The molecule has 0 radical (unpaired) electrons. The molecule has 0 aliphatic heterocycles. The summed E-state index contributed by atoms with van der Waals surface area (Å²) < 4.78 is 18.6. The van der Waals surface area contributed by atoms with Crippen LogP contribution in [0.5, 0.6) is 0 Å². The Morgan fingerprint density at radius 2 is 2.19 bits per heavy atom. The zero-order valence-electron chi connectivity index (χ0n) is 10.8. The Morgan fingerprint density at radius 1 is 1.38 bits per heavy atom. The fraction of sp³-hybridized carbons (Fsp3) is 0.133. The van der Waals surface area contributed by atoms with E-state index in [0.29, 0.717) is 5.56 Å². The molecule has 2 N–H and O–H groups in total. The van der Waals surface area contributed by atoms with Crippen molar-refractivity contribution >= 4 is 17.5 Å². The average molecular weight is 308 g/mol. The van der Waals surface area contributed by atoms with E-state index < -0.39 is 11.7 Å². The first-order valence-corrected chi connectivity index (χ1v) is 6.39. The van der Waals surface area contributed by atoms with Crippen LogP contribution >= 0.6 is 11.6 Å². The lowest BCUT2D eigenvalue weighted by atomic mass is 10.1. The van der Waals surface area contributed by atoms with E-state index in [0.717, 1.165) is 0 Å². The molecule has 2 aromatic rings. The van der Waals surface area contributed by atoms with Gasteiger partial charge in [0.25, 0.3) is 5.91 Å². The summed E-state index contributed by atoms with van der Waals surface area (Å²) in [5.41, 5.74) is 0.835. The molecule has 2 rings (SSSR count). The summed E-state index contributed by atoms with van der Waals surface area (Å²) in [6.45, 7) is -0.291. The van der Waals surface area contributed by atoms with Crippen LogP contribution in [-0.4, -0.2) is 17.6 Å². The maximum atomic E-state index is 13.7. The van der Waals surface area contributed by atoms with Crippen LogP contribution < -0.4 is 5.32 Å². The summed E-state index contributed by atoms with van der Waals surface area (Å²) in [5, 5.41) is 11.3. The first-order valence-electron chi connectivity index (χ1n) is 6.02. The molecule has 0 atom stereocenters. The summed E-state index contributed by atoms with van der Waals surface area (Å²) in [6, 6.07) is 7.13. The highest BCUT2D eigenvalue weighted by molar-refractivity contribution is 6.29. The Hall–Kier alpha value is -2.29. The van der Waals surface area contributed by atoms with Gasteiger partial charge >= 0.3 is 0 Å². The van der Waals surface area contributed by atoms with Crippen LogP contribution in [0.4, 0.5) is 4.39 Å². The zero-order valence-corrected chi connectivity index (χ0v) is 11.6. The van der Waals surface area contributed by atoms with E-state index in [1.165, 1.54) is 30.3 Å². The third-order valence-corrected chi connectivity index (χ3v) is 2.80. The van der Waals surface area contributed by atoms with E-state index >= 15 is 0 Å². The standard InChI is InChI=1S/C15H11ClFNO3/c16-14-6-5-13(21-14)15(20)18-9-11-8-10(2-1-7-19)3-4-12(11)17/h3-6,8,19H,7,9H2,(H,18,20). The van der Waals surface area contributed by atoms with E-state index in [2.05, 4.69) is 17.2 Å². The molecule has 0 aliphatic rings. The maximum Gasteiger partial charge on any atom is 0.287 e. The van der Waals surface area contributed by atoms with Crippen LogP contribution in [0.25, 0.3) is 0 Å². The lowest BCUT2D eigenvalue weighted by Crippen LogP contribution is -2.22. The van der Waals surface area contributed by atoms with Gasteiger partial charge in [-0.25, -0.2) is 4.39 Å².